The van der Waals surface area contributed by atoms with Crippen molar-refractivity contribution in [3.63, 3.8) is 0 Å². The summed E-state index contributed by atoms with van der Waals surface area (Å²) in [6.45, 7) is 0. The molecule has 0 atom stereocenters. The molecule has 3 N–H and O–H groups in total. The van der Waals surface area contributed by atoms with Crippen molar-refractivity contribution in [2.75, 3.05) is 24.9 Å². The van der Waals surface area contributed by atoms with Crippen molar-refractivity contribution >= 4 is 29.1 Å². The Labute approximate surface area is 155 Å². The van der Waals surface area contributed by atoms with E-state index in [1.165, 1.54) is 12.1 Å². The number of ether oxygens (including phenoxy) is 2. The van der Waals surface area contributed by atoms with Crippen molar-refractivity contribution in [3.05, 3.63) is 60.3 Å². The topological polar surface area (TPSA) is 106 Å². The van der Waals surface area contributed by atoms with Crippen LogP contribution in [0.2, 0.25) is 0 Å². The van der Waals surface area contributed by atoms with E-state index in [2.05, 4.69) is 20.6 Å². The number of hydrogen-bond donors (Lipinski definition) is 3. The second kappa shape index (κ2) is 8.05. The van der Waals surface area contributed by atoms with Crippen molar-refractivity contribution in [2.45, 2.75) is 0 Å². The molecule has 1 aromatic heterocycles. The van der Waals surface area contributed by atoms with Crippen LogP contribution in [0.1, 0.15) is 10.4 Å². The third-order valence-electron chi connectivity index (χ3n) is 3.68. The van der Waals surface area contributed by atoms with Crippen LogP contribution >= 0.6 is 0 Å². The summed E-state index contributed by atoms with van der Waals surface area (Å²) in [4.78, 5) is 19.7. The van der Waals surface area contributed by atoms with Gasteiger partial charge < -0.3 is 25.2 Å². The highest BCUT2D eigenvalue weighted by Crippen LogP contribution is 2.30. The summed E-state index contributed by atoms with van der Waals surface area (Å²) in [5.41, 5.74) is 1.54. The van der Waals surface area contributed by atoms with Gasteiger partial charge in [0.25, 0.3) is 0 Å². The molecular formula is C19H18N4O4. The highest BCUT2D eigenvalue weighted by Gasteiger charge is 2.07. The fraction of sp³-hybridized carbons (Fsp3) is 0.105. The van der Waals surface area contributed by atoms with Crippen LogP contribution in [-0.2, 0) is 0 Å². The number of nitrogens with one attached hydrogen (secondary N) is 2. The van der Waals surface area contributed by atoms with Crippen LogP contribution in [0.3, 0.4) is 0 Å². The molecule has 0 fully saturated rings. The summed E-state index contributed by atoms with van der Waals surface area (Å²) in [7, 11) is 3.14. The number of carboxylic acid groups (broad SMARTS) is 1. The number of aromatic carboxylic acids is 1. The largest absolute Gasteiger partial charge is 0.493 e. The second-order valence-electron chi connectivity index (χ2n) is 5.47. The van der Waals surface area contributed by atoms with Crippen molar-refractivity contribution in [2.24, 2.45) is 0 Å². The van der Waals surface area contributed by atoms with Gasteiger partial charge in [-0.1, -0.05) is 6.07 Å². The molecule has 0 saturated carbocycles. The van der Waals surface area contributed by atoms with E-state index in [1.54, 1.807) is 50.7 Å². The van der Waals surface area contributed by atoms with Gasteiger partial charge in [-0.05, 0) is 36.4 Å². The Morgan fingerprint density at radius 2 is 1.74 bits per heavy atom. The molecule has 3 rings (SSSR count). The van der Waals surface area contributed by atoms with E-state index in [0.717, 1.165) is 5.69 Å². The monoisotopic (exact) mass is 366 g/mol. The Bertz CT molecular complexity index is 962. The Morgan fingerprint density at radius 1 is 0.963 bits per heavy atom. The molecule has 0 bridgehead atoms. The molecule has 27 heavy (non-hydrogen) atoms. The normalized spacial score (nSPS) is 10.1. The number of hydrogen-bond acceptors (Lipinski definition) is 7. The Kier molecular flexibility index (Phi) is 5.36. The zero-order chi connectivity index (χ0) is 19.2. The summed E-state index contributed by atoms with van der Waals surface area (Å²) >= 11 is 0. The number of carbonyl (C=O) groups is 1. The van der Waals surface area contributed by atoms with Crippen LogP contribution in [0.4, 0.5) is 23.1 Å². The molecule has 0 spiro atoms. The SMILES string of the molecule is COc1ccc(Nc2nccc(Nc3cccc(C(=O)O)c3)n2)cc1OC. The van der Waals surface area contributed by atoms with E-state index in [4.69, 9.17) is 14.6 Å². The highest BCUT2D eigenvalue weighted by atomic mass is 16.5. The third-order valence-corrected chi connectivity index (χ3v) is 3.68. The van der Waals surface area contributed by atoms with Crippen molar-refractivity contribution in [3.8, 4) is 11.5 Å². The smallest absolute Gasteiger partial charge is 0.335 e. The van der Waals surface area contributed by atoms with Gasteiger partial charge in [0.05, 0.1) is 19.8 Å². The maximum atomic E-state index is 11.1. The first-order valence-corrected chi connectivity index (χ1v) is 8.01. The van der Waals surface area contributed by atoms with E-state index in [9.17, 15) is 4.79 Å². The van der Waals surface area contributed by atoms with Gasteiger partial charge >= 0.3 is 5.97 Å². The van der Waals surface area contributed by atoms with Crippen LogP contribution in [-0.4, -0.2) is 35.3 Å². The van der Waals surface area contributed by atoms with Gasteiger partial charge in [-0.25, -0.2) is 9.78 Å². The predicted molar refractivity (Wildman–Crippen MR) is 102 cm³/mol. The van der Waals surface area contributed by atoms with Crippen LogP contribution < -0.4 is 20.1 Å². The fourth-order valence-electron chi connectivity index (χ4n) is 2.41. The minimum atomic E-state index is -0.989. The first-order valence-electron chi connectivity index (χ1n) is 8.01. The van der Waals surface area contributed by atoms with E-state index >= 15 is 0 Å². The van der Waals surface area contributed by atoms with Crippen LogP contribution in [0, 0.1) is 0 Å². The number of methoxy groups -OCH3 is 2. The maximum Gasteiger partial charge on any atom is 0.335 e. The highest BCUT2D eigenvalue weighted by molar-refractivity contribution is 5.89. The first-order chi connectivity index (χ1) is 13.1. The molecule has 0 amide bonds. The zero-order valence-corrected chi connectivity index (χ0v) is 14.8. The standard InChI is InChI=1S/C19H18N4O4/c1-26-15-7-6-14(11-16(15)27-2)22-19-20-9-8-17(23-19)21-13-5-3-4-12(10-13)18(24)25/h3-11H,1-2H3,(H,24,25)(H2,20,21,22,23). The van der Waals surface area contributed by atoms with Crippen LogP contribution in [0.15, 0.2) is 54.7 Å². The molecule has 0 aliphatic heterocycles. The number of anilines is 4. The Morgan fingerprint density at radius 3 is 2.48 bits per heavy atom. The Hall–Kier alpha value is -3.81. The summed E-state index contributed by atoms with van der Waals surface area (Å²) in [6, 6.07) is 13.5. The molecule has 0 saturated heterocycles. The number of carboxylic acids is 1. The summed E-state index contributed by atoms with van der Waals surface area (Å²) in [6.07, 6.45) is 1.60. The second-order valence-corrected chi connectivity index (χ2v) is 5.47. The number of rotatable bonds is 7. The Balaban J connectivity index is 1.78. The van der Waals surface area contributed by atoms with E-state index in [1.807, 2.05) is 6.07 Å². The average molecular weight is 366 g/mol. The lowest BCUT2D eigenvalue weighted by Crippen LogP contribution is -2.02. The van der Waals surface area contributed by atoms with Crippen LogP contribution in [0.5, 0.6) is 11.5 Å². The van der Waals surface area contributed by atoms with Gasteiger partial charge in [-0.15, -0.1) is 0 Å². The van der Waals surface area contributed by atoms with Gasteiger partial charge in [-0.3, -0.25) is 0 Å². The van der Waals surface area contributed by atoms with Crippen molar-refractivity contribution in [1.29, 1.82) is 0 Å². The summed E-state index contributed by atoms with van der Waals surface area (Å²) in [5, 5.41) is 15.2. The molecule has 2 aromatic carbocycles. The molecule has 8 heteroatoms. The van der Waals surface area contributed by atoms with Crippen LogP contribution in [0.25, 0.3) is 0 Å². The zero-order valence-electron chi connectivity index (χ0n) is 14.8. The molecule has 0 aliphatic carbocycles. The first kappa shape index (κ1) is 18.0. The number of benzene rings is 2. The fourth-order valence-corrected chi connectivity index (χ4v) is 2.41. The maximum absolute atomic E-state index is 11.1. The minimum Gasteiger partial charge on any atom is -0.493 e. The molecule has 0 unspecified atom stereocenters. The summed E-state index contributed by atoms with van der Waals surface area (Å²) in [5.74, 6) is 1.12. The van der Waals surface area contributed by atoms with Gasteiger partial charge in [0.2, 0.25) is 5.95 Å². The lowest BCUT2D eigenvalue weighted by Gasteiger charge is -2.11. The molecule has 138 valence electrons. The van der Waals surface area contributed by atoms with Crippen molar-refractivity contribution in [1.82, 2.24) is 9.97 Å². The molecule has 1 heterocycles. The molecule has 0 radical (unpaired) electrons. The van der Waals surface area contributed by atoms with E-state index < -0.39 is 5.97 Å². The third kappa shape index (κ3) is 4.43. The molecule has 3 aromatic rings. The van der Waals surface area contributed by atoms with Gasteiger partial charge in [0.15, 0.2) is 11.5 Å². The van der Waals surface area contributed by atoms with Crippen molar-refractivity contribution < 1.29 is 19.4 Å². The minimum absolute atomic E-state index is 0.192. The van der Waals surface area contributed by atoms with E-state index in [0.29, 0.717) is 29.0 Å². The lowest BCUT2D eigenvalue weighted by molar-refractivity contribution is 0.0697. The van der Waals surface area contributed by atoms with E-state index in [-0.39, 0.29) is 5.56 Å². The number of nitrogens with zero attached hydrogens (tertiary/aromatic N) is 2. The quantitative estimate of drug-likeness (QED) is 0.581. The van der Waals surface area contributed by atoms with Gasteiger partial charge in [-0.2, -0.15) is 4.98 Å². The molecule has 0 aliphatic rings. The predicted octanol–water partition coefficient (Wildman–Crippen LogP) is 3.68. The molecular weight excluding hydrogens is 348 g/mol. The van der Waals surface area contributed by atoms with Gasteiger partial charge in [0, 0.05) is 23.6 Å². The molecule has 8 nitrogen and oxygen atoms in total. The number of aromatic nitrogens is 2. The summed E-state index contributed by atoms with van der Waals surface area (Å²) < 4.78 is 10.5. The average Bonchev–Trinajstić information content (AvgIpc) is 2.68. The lowest BCUT2D eigenvalue weighted by atomic mass is 10.2. The van der Waals surface area contributed by atoms with Gasteiger partial charge in [0.1, 0.15) is 5.82 Å².